The number of aliphatic hydroxyl groups is 1. The predicted octanol–water partition coefficient (Wildman–Crippen LogP) is 0.259. The van der Waals surface area contributed by atoms with E-state index in [-0.39, 0.29) is 11.9 Å². The molecule has 0 spiro atoms. The zero-order valence-electron chi connectivity index (χ0n) is 6.38. The van der Waals surface area contributed by atoms with Gasteiger partial charge in [-0.1, -0.05) is 0 Å². The minimum absolute atomic E-state index is 0.0880. The molecule has 2 rings (SSSR count). The maximum atomic E-state index is 11.4. The van der Waals surface area contributed by atoms with E-state index in [1.54, 1.807) is 0 Å². The summed E-state index contributed by atoms with van der Waals surface area (Å²) >= 11 is 0. The zero-order valence-corrected chi connectivity index (χ0v) is 6.38. The number of hydrogen-bond acceptors (Lipinski definition) is 3. The lowest BCUT2D eigenvalue weighted by molar-refractivity contribution is -0.138. The van der Waals surface area contributed by atoms with E-state index in [0.29, 0.717) is 19.4 Å². The first-order valence-electron chi connectivity index (χ1n) is 4.11. The van der Waals surface area contributed by atoms with Gasteiger partial charge in [0.25, 0.3) is 0 Å². The Labute approximate surface area is 65.4 Å². The Balaban J connectivity index is 2.05. The Kier molecular flexibility index (Phi) is 1.51. The van der Waals surface area contributed by atoms with Gasteiger partial charge in [0.1, 0.15) is 11.7 Å². The average molecular weight is 156 g/mol. The van der Waals surface area contributed by atoms with Crippen LogP contribution >= 0.6 is 0 Å². The summed E-state index contributed by atoms with van der Waals surface area (Å²) in [5.41, 5.74) is -1.03. The van der Waals surface area contributed by atoms with E-state index in [1.165, 1.54) is 0 Å². The lowest BCUT2D eigenvalue weighted by Gasteiger charge is -2.18. The maximum absolute atomic E-state index is 11.4. The van der Waals surface area contributed by atoms with Crippen LogP contribution in [0, 0.1) is 0 Å². The highest BCUT2D eigenvalue weighted by molar-refractivity contribution is 5.92. The highest BCUT2D eigenvalue weighted by atomic mass is 16.6. The lowest BCUT2D eigenvalue weighted by atomic mass is 9.95. The van der Waals surface area contributed by atoms with Crippen LogP contribution in [-0.4, -0.2) is 29.2 Å². The highest BCUT2D eigenvalue weighted by Gasteiger charge is 2.47. The molecule has 2 fully saturated rings. The number of carbonyl (C=O) groups is 1. The van der Waals surface area contributed by atoms with Crippen LogP contribution in [0.3, 0.4) is 0 Å². The highest BCUT2D eigenvalue weighted by Crippen LogP contribution is 2.33. The van der Waals surface area contributed by atoms with Crippen LogP contribution in [0.15, 0.2) is 0 Å². The number of hydrogen-bond donors (Lipinski definition) is 1. The molecule has 1 aliphatic heterocycles. The fourth-order valence-electron chi connectivity index (χ4n) is 1.71. The van der Waals surface area contributed by atoms with Crippen LogP contribution in [0.2, 0.25) is 0 Å². The van der Waals surface area contributed by atoms with Crippen molar-refractivity contribution < 1.29 is 14.6 Å². The monoisotopic (exact) mass is 156 g/mol. The second kappa shape index (κ2) is 2.29. The van der Waals surface area contributed by atoms with E-state index in [9.17, 15) is 9.90 Å². The largest absolute Gasteiger partial charge is 0.382 e. The number of carbonyl (C=O) groups excluding carboxylic acids is 1. The van der Waals surface area contributed by atoms with Crippen molar-refractivity contribution in [3.8, 4) is 0 Å². The van der Waals surface area contributed by atoms with Gasteiger partial charge in [-0.3, -0.25) is 4.79 Å². The molecule has 3 heteroatoms. The van der Waals surface area contributed by atoms with Gasteiger partial charge in [-0.15, -0.1) is 0 Å². The molecular formula is C8H12O3. The standard InChI is InChI=1S/C8H12O3/c9-7(6-5-11-6)8(10)3-1-2-4-8/h6,10H,1-5H2. The molecule has 1 unspecified atom stereocenters. The number of ketones is 1. The molecule has 0 amide bonds. The first-order valence-corrected chi connectivity index (χ1v) is 4.11. The summed E-state index contributed by atoms with van der Waals surface area (Å²) in [7, 11) is 0. The van der Waals surface area contributed by atoms with Crippen LogP contribution in [0.5, 0.6) is 0 Å². The van der Waals surface area contributed by atoms with Gasteiger partial charge in [0.15, 0.2) is 5.78 Å². The van der Waals surface area contributed by atoms with Crippen molar-refractivity contribution in [1.29, 1.82) is 0 Å². The Morgan fingerprint density at radius 2 is 2.00 bits per heavy atom. The third-order valence-electron chi connectivity index (χ3n) is 2.52. The quantitative estimate of drug-likeness (QED) is 0.583. The van der Waals surface area contributed by atoms with Crippen molar-refractivity contribution >= 4 is 5.78 Å². The minimum Gasteiger partial charge on any atom is -0.382 e. The molecule has 1 saturated carbocycles. The van der Waals surface area contributed by atoms with E-state index < -0.39 is 5.60 Å². The van der Waals surface area contributed by atoms with E-state index >= 15 is 0 Å². The molecule has 1 atom stereocenters. The molecule has 2 aliphatic rings. The fourth-order valence-corrected chi connectivity index (χ4v) is 1.71. The Morgan fingerprint density at radius 3 is 2.45 bits per heavy atom. The van der Waals surface area contributed by atoms with Gasteiger partial charge < -0.3 is 9.84 Å². The second-order valence-corrected chi connectivity index (χ2v) is 3.42. The van der Waals surface area contributed by atoms with Crippen LogP contribution < -0.4 is 0 Å². The third-order valence-corrected chi connectivity index (χ3v) is 2.52. The number of Topliss-reactive ketones (excluding diaryl/α,β-unsaturated/α-hetero) is 1. The zero-order chi connectivity index (χ0) is 7.90. The van der Waals surface area contributed by atoms with Gasteiger partial charge >= 0.3 is 0 Å². The van der Waals surface area contributed by atoms with Crippen molar-refractivity contribution in [2.45, 2.75) is 37.4 Å². The van der Waals surface area contributed by atoms with Gasteiger partial charge in [0, 0.05) is 0 Å². The normalized spacial score (nSPS) is 33.7. The first kappa shape index (κ1) is 7.25. The smallest absolute Gasteiger partial charge is 0.195 e. The van der Waals surface area contributed by atoms with Gasteiger partial charge in [0.2, 0.25) is 0 Å². The molecule has 1 aliphatic carbocycles. The van der Waals surface area contributed by atoms with Crippen LogP contribution in [0.4, 0.5) is 0 Å². The molecule has 0 aromatic carbocycles. The summed E-state index contributed by atoms with van der Waals surface area (Å²) in [5, 5.41) is 9.74. The van der Waals surface area contributed by atoms with Crippen molar-refractivity contribution in [3.63, 3.8) is 0 Å². The van der Waals surface area contributed by atoms with Gasteiger partial charge in [-0.25, -0.2) is 0 Å². The van der Waals surface area contributed by atoms with Crippen molar-refractivity contribution in [2.24, 2.45) is 0 Å². The number of rotatable bonds is 2. The third kappa shape index (κ3) is 1.19. The molecule has 3 nitrogen and oxygen atoms in total. The van der Waals surface area contributed by atoms with Crippen molar-refractivity contribution in [1.82, 2.24) is 0 Å². The van der Waals surface area contributed by atoms with E-state index in [0.717, 1.165) is 12.8 Å². The number of ether oxygens (including phenoxy) is 1. The second-order valence-electron chi connectivity index (χ2n) is 3.42. The maximum Gasteiger partial charge on any atom is 0.195 e. The summed E-state index contributed by atoms with van der Waals surface area (Å²) in [4.78, 5) is 11.4. The lowest BCUT2D eigenvalue weighted by Crippen LogP contribution is -2.38. The SMILES string of the molecule is O=C(C1CO1)C1(O)CCCC1. The Bertz CT molecular complexity index is 178. The molecule has 0 bridgehead atoms. The van der Waals surface area contributed by atoms with Gasteiger partial charge in [-0.05, 0) is 25.7 Å². The van der Waals surface area contributed by atoms with E-state index in [4.69, 9.17) is 4.74 Å². The first-order chi connectivity index (χ1) is 5.22. The molecule has 0 aromatic heterocycles. The molecule has 62 valence electrons. The number of epoxide rings is 1. The van der Waals surface area contributed by atoms with Crippen LogP contribution in [0.25, 0.3) is 0 Å². The summed E-state index contributed by atoms with van der Waals surface area (Å²) in [6, 6.07) is 0. The van der Waals surface area contributed by atoms with E-state index in [2.05, 4.69) is 0 Å². The summed E-state index contributed by atoms with van der Waals surface area (Å²) < 4.78 is 4.84. The van der Waals surface area contributed by atoms with Crippen LogP contribution in [-0.2, 0) is 9.53 Å². The summed E-state index contributed by atoms with van der Waals surface area (Å²) in [6.07, 6.45) is 2.92. The Hall–Kier alpha value is -0.410. The molecule has 0 radical (unpaired) electrons. The van der Waals surface area contributed by atoms with Gasteiger partial charge in [-0.2, -0.15) is 0 Å². The molecule has 0 aromatic rings. The molecular weight excluding hydrogens is 144 g/mol. The average Bonchev–Trinajstić information content (AvgIpc) is 2.74. The van der Waals surface area contributed by atoms with Crippen molar-refractivity contribution in [3.05, 3.63) is 0 Å². The van der Waals surface area contributed by atoms with E-state index in [1.807, 2.05) is 0 Å². The predicted molar refractivity (Wildman–Crippen MR) is 38.2 cm³/mol. The minimum atomic E-state index is -1.03. The van der Waals surface area contributed by atoms with Gasteiger partial charge in [0.05, 0.1) is 6.61 Å². The molecule has 1 N–H and O–H groups in total. The van der Waals surface area contributed by atoms with Crippen molar-refractivity contribution in [2.75, 3.05) is 6.61 Å². The summed E-state index contributed by atoms with van der Waals surface area (Å²) in [5.74, 6) is -0.0880. The Morgan fingerprint density at radius 1 is 1.45 bits per heavy atom. The summed E-state index contributed by atoms with van der Waals surface area (Å²) in [6.45, 7) is 0.515. The molecule has 1 saturated heterocycles. The van der Waals surface area contributed by atoms with Crippen LogP contribution in [0.1, 0.15) is 25.7 Å². The topological polar surface area (TPSA) is 49.8 Å². The molecule has 1 heterocycles. The fraction of sp³-hybridized carbons (Fsp3) is 0.875. The molecule has 11 heavy (non-hydrogen) atoms.